The molecule has 0 aliphatic rings. The molecule has 0 aromatic heterocycles. The molecule has 2 rings (SSSR count). The van der Waals surface area contributed by atoms with Gasteiger partial charge < -0.3 is 15.7 Å². The molecule has 0 saturated carbocycles. The van der Waals surface area contributed by atoms with Crippen molar-refractivity contribution >= 4 is 22.4 Å². The number of aliphatic hydroxyl groups is 1. The minimum Gasteiger partial charge on any atom is -0.381 e. The predicted molar refractivity (Wildman–Crippen MR) is 112 cm³/mol. The average molecular weight is 496 g/mol. The quantitative estimate of drug-likeness (QED) is 0.485. The molecule has 3 N–H and O–H groups in total. The van der Waals surface area contributed by atoms with Crippen molar-refractivity contribution in [2.75, 3.05) is 23.9 Å². The minimum absolute atomic E-state index is 0.110. The summed E-state index contributed by atoms with van der Waals surface area (Å²) in [5.74, 6) is -0.585. The second kappa shape index (κ2) is 10.1. The standard InChI is InChI=1S/C21H22F6N2O3S/c1-13-8-17(7-6-14(13)10-28-18(30)11-33(2)32)29-12-19(31,21(25,26)27)15-4-3-5-16(9-15)20(22,23)24/h3-9,29,31H,10-12H2,1-2H3,(H,28,30)/t19-,33-/m0/s1. The number of nitrogens with one attached hydrogen (secondary N) is 2. The van der Waals surface area contributed by atoms with E-state index in [-0.39, 0.29) is 24.1 Å². The summed E-state index contributed by atoms with van der Waals surface area (Å²) in [4.78, 5) is 11.6. The van der Waals surface area contributed by atoms with Crippen LogP contribution in [-0.2, 0) is 33.9 Å². The topological polar surface area (TPSA) is 78.4 Å². The molecule has 0 spiro atoms. The number of halogens is 6. The third kappa shape index (κ3) is 6.94. The maximum Gasteiger partial charge on any atom is 0.423 e. The number of hydrogen-bond donors (Lipinski definition) is 3. The first-order valence-electron chi connectivity index (χ1n) is 9.50. The van der Waals surface area contributed by atoms with E-state index >= 15 is 0 Å². The molecular formula is C21H22F6N2O3S. The largest absolute Gasteiger partial charge is 0.423 e. The molecule has 5 nitrogen and oxygen atoms in total. The molecule has 33 heavy (non-hydrogen) atoms. The van der Waals surface area contributed by atoms with Crippen molar-refractivity contribution in [1.29, 1.82) is 0 Å². The van der Waals surface area contributed by atoms with Gasteiger partial charge in [-0.05, 0) is 47.9 Å². The zero-order chi connectivity index (χ0) is 25.0. The van der Waals surface area contributed by atoms with Crippen LogP contribution in [0, 0.1) is 6.92 Å². The van der Waals surface area contributed by atoms with E-state index in [0.29, 0.717) is 17.2 Å². The Morgan fingerprint density at radius 1 is 1.03 bits per heavy atom. The molecule has 2 aromatic carbocycles. The molecular weight excluding hydrogens is 474 g/mol. The molecule has 0 aliphatic heterocycles. The molecule has 0 radical (unpaired) electrons. The van der Waals surface area contributed by atoms with E-state index in [4.69, 9.17) is 0 Å². The van der Waals surface area contributed by atoms with E-state index in [9.17, 15) is 40.5 Å². The summed E-state index contributed by atoms with van der Waals surface area (Å²) < 4.78 is 91.0. The molecule has 0 heterocycles. The SMILES string of the molecule is Cc1cc(NC[C@](O)(c2cccc(C(F)(F)F)c2)C(F)(F)F)ccc1CNC(=O)C[S@](C)=O. The molecule has 1 amide bonds. The van der Waals surface area contributed by atoms with Gasteiger partial charge in [0.25, 0.3) is 0 Å². The molecule has 0 bridgehead atoms. The molecule has 2 aromatic rings. The normalized spacial score (nSPS) is 14.9. The number of benzene rings is 2. The van der Waals surface area contributed by atoms with E-state index in [1.54, 1.807) is 6.92 Å². The van der Waals surface area contributed by atoms with Crippen LogP contribution >= 0.6 is 0 Å². The van der Waals surface area contributed by atoms with Crippen molar-refractivity contribution in [1.82, 2.24) is 5.32 Å². The van der Waals surface area contributed by atoms with Crippen LogP contribution in [0.4, 0.5) is 32.0 Å². The molecule has 0 unspecified atom stereocenters. The summed E-state index contributed by atoms with van der Waals surface area (Å²) in [7, 11) is -1.30. The van der Waals surface area contributed by atoms with Crippen LogP contribution < -0.4 is 10.6 Å². The lowest BCUT2D eigenvalue weighted by Gasteiger charge is -2.32. The van der Waals surface area contributed by atoms with Gasteiger partial charge in [-0.3, -0.25) is 9.00 Å². The Morgan fingerprint density at radius 2 is 1.67 bits per heavy atom. The van der Waals surface area contributed by atoms with Gasteiger partial charge in [-0.1, -0.05) is 18.2 Å². The smallest absolute Gasteiger partial charge is 0.381 e. The summed E-state index contributed by atoms with van der Waals surface area (Å²) >= 11 is 0. The Hall–Kier alpha value is -2.60. The highest BCUT2D eigenvalue weighted by atomic mass is 32.2. The third-order valence-electron chi connectivity index (χ3n) is 4.84. The molecule has 12 heteroatoms. The third-order valence-corrected chi connectivity index (χ3v) is 5.51. The van der Waals surface area contributed by atoms with Crippen molar-refractivity contribution < 1.29 is 40.5 Å². The van der Waals surface area contributed by atoms with Gasteiger partial charge in [0.1, 0.15) is 5.75 Å². The number of hydrogen-bond acceptors (Lipinski definition) is 4. The summed E-state index contributed by atoms with van der Waals surface area (Å²) in [6.45, 7) is 0.627. The monoisotopic (exact) mass is 496 g/mol. The first-order valence-corrected chi connectivity index (χ1v) is 11.2. The fourth-order valence-corrected chi connectivity index (χ4v) is 3.45. The van der Waals surface area contributed by atoms with Crippen LogP contribution in [0.5, 0.6) is 0 Å². The van der Waals surface area contributed by atoms with Crippen LogP contribution in [0.1, 0.15) is 22.3 Å². The van der Waals surface area contributed by atoms with Gasteiger partial charge in [0, 0.05) is 29.3 Å². The molecule has 2 atom stereocenters. The fourth-order valence-electron chi connectivity index (χ4n) is 2.98. The highest BCUT2D eigenvalue weighted by Crippen LogP contribution is 2.41. The zero-order valence-corrected chi connectivity index (χ0v) is 18.4. The highest BCUT2D eigenvalue weighted by molar-refractivity contribution is 7.85. The van der Waals surface area contributed by atoms with Crippen molar-refractivity contribution in [2.24, 2.45) is 0 Å². The molecule has 182 valence electrons. The number of alkyl halides is 6. The van der Waals surface area contributed by atoms with E-state index in [2.05, 4.69) is 10.6 Å². The zero-order valence-electron chi connectivity index (χ0n) is 17.6. The summed E-state index contributed by atoms with van der Waals surface area (Å²) in [5, 5.41) is 15.4. The summed E-state index contributed by atoms with van der Waals surface area (Å²) in [6, 6.07) is 6.90. The Morgan fingerprint density at radius 3 is 2.21 bits per heavy atom. The predicted octanol–water partition coefficient (Wildman–Crippen LogP) is 3.87. The van der Waals surface area contributed by atoms with E-state index in [1.807, 2.05) is 0 Å². The first-order chi connectivity index (χ1) is 15.1. The van der Waals surface area contributed by atoms with Crippen LogP contribution in [0.25, 0.3) is 0 Å². The average Bonchev–Trinajstić information content (AvgIpc) is 2.69. The van der Waals surface area contributed by atoms with E-state index in [0.717, 1.165) is 12.1 Å². The number of carbonyl (C=O) groups excluding carboxylic acids is 1. The van der Waals surface area contributed by atoms with Crippen molar-refractivity contribution in [3.05, 3.63) is 64.7 Å². The Kier molecular flexibility index (Phi) is 8.18. The lowest BCUT2D eigenvalue weighted by atomic mass is 9.91. The van der Waals surface area contributed by atoms with Crippen molar-refractivity contribution in [3.8, 4) is 0 Å². The van der Waals surface area contributed by atoms with Crippen molar-refractivity contribution in [3.63, 3.8) is 0 Å². The summed E-state index contributed by atoms with van der Waals surface area (Å²) in [6.07, 6.45) is -8.75. The Bertz CT molecular complexity index is 1030. The Labute approximate surface area is 188 Å². The van der Waals surface area contributed by atoms with Gasteiger partial charge in [-0.2, -0.15) is 26.3 Å². The number of anilines is 1. The van der Waals surface area contributed by atoms with E-state index in [1.165, 1.54) is 24.5 Å². The van der Waals surface area contributed by atoms with Gasteiger partial charge in [0.15, 0.2) is 0 Å². The lowest BCUT2D eigenvalue weighted by molar-refractivity contribution is -0.260. The van der Waals surface area contributed by atoms with Gasteiger partial charge in [-0.15, -0.1) is 0 Å². The second-order valence-electron chi connectivity index (χ2n) is 7.43. The molecule has 0 saturated heterocycles. The second-order valence-corrected chi connectivity index (χ2v) is 8.86. The number of aryl methyl sites for hydroxylation is 1. The van der Waals surface area contributed by atoms with E-state index < -0.39 is 52.3 Å². The maximum atomic E-state index is 13.7. The van der Waals surface area contributed by atoms with Crippen molar-refractivity contribution in [2.45, 2.75) is 31.4 Å². The van der Waals surface area contributed by atoms with Crippen LogP contribution in [-0.4, -0.2) is 40.0 Å². The number of carbonyl (C=O) groups is 1. The summed E-state index contributed by atoms with van der Waals surface area (Å²) in [5.41, 5.74) is -4.39. The van der Waals surface area contributed by atoms with Gasteiger partial charge in [0.05, 0.1) is 12.1 Å². The van der Waals surface area contributed by atoms with Gasteiger partial charge in [-0.25, -0.2) is 0 Å². The number of amides is 1. The maximum absolute atomic E-state index is 13.7. The fraction of sp³-hybridized carbons (Fsp3) is 0.381. The molecule has 0 aliphatic carbocycles. The molecule has 0 fully saturated rings. The highest BCUT2D eigenvalue weighted by Gasteiger charge is 2.55. The first kappa shape index (κ1) is 26.7. The Balaban J connectivity index is 2.20. The minimum atomic E-state index is -5.26. The van der Waals surface area contributed by atoms with Crippen LogP contribution in [0.2, 0.25) is 0 Å². The van der Waals surface area contributed by atoms with Crippen LogP contribution in [0.3, 0.4) is 0 Å². The van der Waals surface area contributed by atoms with Gasteiger partial charge >= 0.3 is 12.4 Å². The van der Waals surface area contributed by atoms with Gasteiger partial charge in [0.2, 0.25) is 11.5 Å². The number of rotatable bonds is 8. The van der Waals surface area contributed by atoms with Crippen LogP contribution in [0.15, 0.2) is 42.5 Å². The lowest BCUT2D eigenvalue weighted by Crippen LogP contribution is -2.48.